The van der Waals surface area contributed by atoms with Gasteiger partial charge < -0.3 is 5.32 Å². The van der Waals surface area contributed by atoms with E-state index in [1.54, 1.807) is 11.0 Å². The minimum atomic E-state index is -0.172. The van der Waals surface area contributed by atoms with Crippen LogP contribution in [-0.4, -0.2) is 20.7 Å². The third kappa shape index (κ3) is 3.61. The van der Waals surface area contributed by atoms with Gasteiger partial charge in [-0.05, 0) is 27.6 Å². The van der Waals surface area contributed by atoms with Gasteiger partial charge in [-0.25, -0.2) is 4.98 Å². The Morgan fingerprint density at radius 1 is 1.36 bits per heavy atom. The smallest absolute Gasteiger partial charge is 0.252 e. The first-order chi connectivity index (χ1) is 10.7. The molecule has 5 nitrogen and oxygen atoms in total. The molecule has 1 aromatic carbocycles. The number of thiophene rings is 1. The lowest BCUT2D eigenvalue weighted by molar-refractivity contribution is 0.0932. The zero-order valence-electron chi connectivity index (χ0n) is 11.5. The number of halogens is 1. The Hall–Kier alpha value is -1.99. The van der Waals surface area contributed by atoms with Gasteiger partial charge in [0.1, 0.15) is 12.7 Å². The van der Waals surface area contributed by atoms with Crippen molar-refractivity contribution in [3.63, 3.8) is 0 Å². The topological polar surface area (TPSA) is 59.8 Å². The van der Waals surface area contributed by atoms with Crippen molar-refractivity contribution in [2.45, 2.75) is 12.6 Å². The highest BCUT2D eigenvalue weighted by Gasteiger charge is 2.17. The number of hydrogen-bond donors (Lipinski definition) is 1. The standard InChI is InChI=1S/C15H13BrN4OS/c16-14-6-12(8-22-14)15(21)19-13(7-20-10-17-9-18-20)11-4-2-1-3-5-11/h1-6,8-10,13H,7H2,(H,19,21). The van der Waals surface area contributed by atoms with Gasteiger partial charge in [-0.15, -0.1) is 11.3 Å². The molecule has 0 radical (unpaired) electrons. The van der Waals surface area contributed by atoms with Gasteiger partial charge in [0.15, 0.2) is 0 Å². The SMILES string of the molecule is O=C(NC(Cn1cncn1)c1ccccc1)c1csc(Br)c1. The highest BCUT2D eigenvalue weighted by Crippen LogP contribution is 2.22. The molecule has 1 amide bonds. The number of carbonyl (C=O) groups is 1. The molecule has 0 saturated carbocycles. The Kier molecular flexibility index (Phi) is 4.65. The number of nitrogens with zero attached hydrogens (tertiary/aromatic N) is 3. The van der Waals surface area contributed by atoms with E-state index < -0.39 is 0 Å². The summed E-state index contributed by atoms with van der Waals surface area (Å²) in [6.07, 6.45) is 3.13. The van der Waals surface area contributed by atoms with E-state index in [0.717, 1.165) is 9.35 Å². The maximum Gasteiger partial charge on any atom is 0.252 e. The monoisotopic (exact) mass is 376 g/mol. The summed E-state index contributed by atoms with van der Waals surface area (Å²) in [5.41, 5.74) is 1.68. The fourth-order valence-corrected chi connectivity index (χ4v) is 3.24. The predicted molar refractivity (Wildman–Crippen MR) is 88.7 cm³/mol. The van der Waals surface area contributed by atoms with Crippen LogP contribution in [0.1, 0.15) is 22.0 Å². The van der Waals surface area contributed by atoms with Gasteiger partial charge >= 0.3 is 0 Å². The molecule has 3 aromatic rings. The zero-order chi connectivity index (χ0) is 15.4. The van der Waals surface area contributed by atoms with Crippen molar-refractivity contribution in [3.05, 3.63) is 69.3 Å². The molecule has 112 valence electrons. The van der Waals surface area contributed by atoms with E-state index in [1.165, 1.54) is 17.7 Å². The molecule has 0 bridgehead atoms. The molecule has 0 spiro atoms. The number of benzene rings is 1. The molecule has 0 fully saturated rings. The van der Waals surface area contributed by atoms with Gasteiger partial charge in [0.05, 0.1) is 21.9 Å². The second-order valence-electron chi connectivity index (χ2n) is 4.69. The summed E-state index contributed by atoms with van der Waals surface area (Å²) in [5.74, 6) is -0.101. The Balaban J connectivity index is 1.80. The fraction of sp³-hybridized carbons (Fsp3) is 0.133. The summed E-state index contributed by atoms with van der Waals surface area (Å²) in [7, 11) is 0. The van der Waals surface area contributed by atoms with Crippen molar-refractivity contribution in [1.82, 2.24) is 20.1 Å². The summed E-state index contributed by atoms with van der Waals surface area (Å²) in [5, 5.41) is 9.00. The van der Waals surface area contributed by atoms with Crippen molar-refractivity contribution in [1.29, 1.82) is 0 Å². The van der Waals surface area contributed by atoms with Gasteiger partial charge in [0, 0.05) is 5.38 Å². The second-order valence-corrected chi connectivity index (χ2v) is 6.98. The molecule has 0 aliphatic carbocycles. The summed E-state index contributed by atoms with van der Waals surface area (Å²) < 4.78 is 2.65. The van der Waals surface area contributed by atoms with E-state index in [0.29, 0.717) is 12.1 Å². The van der Waals surface area contributed by atoms with E-state index in [9.17, 15) is 4.79 Å². The molecule has 2 aromatic heterocycles. The van der Waals surface area contributed by atoms with Crippen LogP contribution in [0.25, 0.3) is 0 Å². The van der Waals surface area contributed by atoms with Crippen LogP contribution in [0.5, 0.6) is 0 Å². The second kappa shape index (κ2) is 6.85. The molecule has 2 heterocycles. The Morgan fingerprint density at radius 2 is 2.18 bits per heavy atom. The van der Waals surface area contributed by atoms with Crippen LogP contribution in [0.3, 0.4) is 0 Å². The lowest BCUT2D eigenvalue weighted by Crippen LogP contribution is -2.31. The zero-order valence-corrected chi connectivity index (χ0v) is 13.9. The summed E-state index contributed by atoms with van der Waals surface area (Å²) in [6.45, 7) is 0.529. The molecule has 3 rings (SSSR count). The summed E-state index contributed by atoms with van der Waals surface area (Å²) >= 11 is 4.87. The largest absolute Gasteiger partial charge is 0.343 e. The van der Waals surface area contributed by atoms with Crippen LogP contribution in [0.2, 0.25) is 0 Å². The molecule has 22 heavy (non-hydrogen) atoms. The van der Waals surface area contributed by atoms with Crippen molar-refractivity contribution >= 4 is 33.2 Å². The van der Waals surface area contributed by atoms with Gasteiger partial charge in [-0.3, -0.25) is 9.48 Å². The maximum absolute atomic E-state index is 12.4. The van der Waals surface area contributed by atoms with E-state index in [2.05, 4.69) is 31.3 Å². The third-order valence-corrected chi connectivity index (χ3v) is 4.68. The number of aromatic nitrogens is 3. The van der Waals surface area contributed by atoms with Crippen molar-refractivity contribution < 1.29 is 4.79 Å². The number of amides is 1. The highest BCUT2D eigenvalue weighted by molar-refractivity contribution is 9.11. The van der Waals surface area contributed by atoms with Crippen LogP contribution >= 0.6 is 27.3 Å². The lowest BCUT2D eigenvalue weighted by Gasteiger charge is -2.18. The highest BCUT2D eigenvalue weighted by atomic mass is 79.9. The quantitative estimate of drug-likeness (QED) is 0.743. The molecule has 7 heteroatoms. The predicted octanol–water partition coefficient (Wildman–Crippen LogP) is 3.27. The normalized spacial score (nSPS) is 12.0. The van der Waals surface area contributed by atoms with Crippen LogP contribution in [-0.2, 0) is 6.54 Å². The first kappa shape index (κ1) is 14.9. The summed E-state index contributed by atoms with van der Waals surface area (Å²) in [6, 6.07) is 11.5. The minimum Gasteiger partial charge on any atom is -0.343 e. The Bertz CT molecular complexity index is 742. The number of hydrogen-bond acceptors (Lipinski definition) is 4. The Labute approximate surface area is 140 Å². The number of nitrogens with one attached hydrogen (secondary N) is 1. The third-order valence-electron chi connectivity index (χ3n) is 3.17. The molecule has 1 N–H and O–H groups in total. The van der Waals surface area contributed by atoms with Gasteiger partial charge in [0.25, 0.3) is 5.91 Å². The Morgan fingerprint density at radius 3 is 2.82 bits per heavy atom. The molecule has 0 saturated heterocycles. The fourth-order valence-electron chi connectivity index (χ4n) is 2.10. The van der Waals surface area contributed by atoms with E-state index in [4.69, 9.17) is 0 Å². The molecular weight excluding hydrogens is 364 g/mol. The molecule has 1 atom stereocenters. The molecule has 0 aliphatic rings. The number of carbonyl (C=O) groups excluding carboxylic acids is 1. The van der Waals surface area contributed by atoms with Crippen LogP contribution in [0, 0.1) is 0 Å². The van der Waals surface area contributed by atoms with Crippen molar-refractivity contribution in [3.8, 4) is 0 Å². The average molecular weight is 377 g/mol. The van der Waals surface area contributed by atoms with Gasteiger partial charge in [-0.2, -0.15) is 5.10 Å². The van der Waals surface area contributed by atoms with Crippen molar-refractivity contribution in [2.75, 3.05) is 0 Å². The maximum atomic E-state index is 12.4. The minimum absolute atomic E-state index is 0.101. The van der Waals surface area contributed by atoms with Crippen LogP contribution in [0.4, 0.5) is 0 Å². The van der Waals surface area contributed by atoms with Crippen LogP contribution in [0.15, 0.2) is 58.2 Å². The summed E-state index contributed by atoms with van der Waals surface area (Å²) in [4.78, 5) is 16.3. The van der Waals surface area contributed by atoms with Crippen LogP contribution < -0.4 is 5.32 Å². The molecular formula is C15H13BrN4OS. The van der Waals surface area contributed by atoms with E-state index in [1.807, 2.05) is 41.8 Å². The molecule has 0 aliphatic heterocycles. The van der Waals surface area contributed by atoms with Gasteiger partial charge in [0.2, 0.25) is 0 Å². The van der Waals surface area contributed by atoms with E-state index in [-0.39, 0.29) is 11.9 Å². The van der Waals surface area contributed by atoms with Crippen molar-refractivity contribution in [2.24, 2.45) is 0 Å². The van der Waals surface area contributed by atoms with Gasteiger partial charge in [-0.1, -0.05) is 30.3 Å². The average Bonchev–Trinajstić information content (AvgIpc) is 3.19. The first-order valence-corrected chi connectivity index (χ1v) is 8.32. The first-order valence-electron chi connectivity index (χ1n) is 6.64. The number of rotatable bonds is 5. The molecule has 1 unspecified atom stereocenters. The van der Waals surface area contributed by atoms with E-state index >= 15 is 0 Å². The lowest BCUT2D eigenvalue weighted by atomic mass is 10.1.